The molecule has 0 N–H and O–H groups in total. The summed E-state index contributed by atoms with van der Waals surface area (Å²) in [6.07, 6.45) is 1.59. The summed E-state index contributed by atoms with van der Waals surface area (Å²) in [6.45, 7) is 6.37. The lowest BCUT2D eigenvalue weighted by atomic mass is 10.0. The molecule has 5 rings (SSSR count). The number of rotatable bonds is 8. The van der Waals surface area contributed by atoms with Gasteiger partial charge in [-0.2, -0.15) is 0 Å². The first-order valence-corrected chi connectivity index (χ1v) is 13.7. The van der Waals surface area contributed by atoms with Gasteiger partial charge in [0.1, 0.15) is 23.0 Å². The molecule has 0 bridgehead atoms. The summed E-state index contributed by atoms with van der Waals surface area (Å²) >= 11 is 5.86. The van der Waals surface area contributed by atoms with E-state index in [4.69, 9.17) is 16.3 Å². The van der Waals surface area contributed by atoms with Gasteiger partial charge < -0.3 is 14.2 Å². The molecule has 0 radical (unpaired) electrons. The van der Waals surface area contributed by atoms with Crippen molar-refractivity contribution in [2.24, 2.45) is 7.05 Å². The van der Waals surface area contributed by atoms with Gasteiger partial charge in [-0.05, 0) is 79.9 Å². The summed E-state index contributed by atoms with van der Waals surface area (Å²) in [5.41, 5.74) is 7.30. The largest absolute Gasteiger partial charge is 0.487 e. The molecule has 41 heavy (non-hydrogen) atoms. The molecule has 0 atom stereocenters. The van der Waals surface area contributed by atoms with Crippen LogP contribution in [0.15, 0.2) is 72.9 Å². The van der Waals surface area contributed by atoms with Crippen molar-refractivity contribution < 1.29 is 14.3 Å². The first-order chi connectivity index (χ1) is 19.6. The number of halogens is 1. The third-order valence-corrected chi connectivity index (χ3v) is 7.74. The molecule has 0 fully saturated rings. The summed E-state index contributed by atoms with van der Waals surface area (Å²) in [6, 6.07) is 20.7. The van der Waals surface area contributed by atoms with E-state index in [1.165, 1.54) is 6.20 Å². The van der Waals surface area contributed by atoms with Crippen LogP contribution in [0.3, 0.4) is 0 Å². The number of ketones is 1. The molecule has 208 valence electrons. The Balaban J connectivity index is 1.33. The molecule has 0 saturated carbocycles. The van der Waals surface area contributed by atoms with Crippen LogP contribution in [-0.2, 0) is 24.9 Å². The third kappa shape index (κ3) is 5.72. The molecule has 7 nitrogen and oxygen atoms in total. The average Bonchev–Trinajstić information content (AvgIpc) is 3.32. The molecule has 2 aromatic carbocycles. The number of aromatic nitrogens is 3. The Morgan fingerprint density at radius 2 is 1.78 bits per heavy atom. The van der Waals surface area contributed by atoms with Crippen LogP contribution in [0.25, 0.3) is 10.9 Å². The zero-order valence-electron chi connectivity index (χ0n) is 23.7. The molecule has 0 aliphatic rings. The van der Waals surface area contributed by atoms with E-state index in [2.05, 4.69) is 9.97 Å². The summed E-state index contributed by atoms with van der Waals surface area (Å²) < 4.78 is 8.04. The van der Waals surface area contributed by atoms with Gasteiger partial charge in [-0.25, -0.2) is 9.97 Å². The topological polar surface area (TPSA) is 77.3 Å². The number of pyridine rings is 2. The maximum absolute atomic E-state index is 13.4. The van der Waals surface area contributed by atoms with E-state index < -0.39 is 0 Å². The number of amides is 1. The van der Waals surface area contributed by atoms with Crippen molar-refractivity contribution in [3.05, 3.63) is 117 Å². The SMILES string of the molecule is Cc1ccc2cccc(OCc3c(C)ccc(N(C)C(=O)Cc4ccc(C(=O)c5ccc(Cl)nc5)n4C)c3C)c2n1. The van der Waals surface area contributed by atoms with Crippen molar-refractivity contribution in [3.8, 4) is 5.75 Å². The molecule has 8 heteroatoms. The normalized spacial score (nSPS) is 11.1. The third-order valence-electron chi connectivity index (χ3n) is 7.51. The fourth-order valence-electron chi connectivity index (χ4n) is 4.97. The number of hydrogen-bond acceptors (Lipinski definition) is 5. The molecule has 1 amide bonds. The molecule has 0 saturated heterocycles. The number of carbonyl (C=O) groups is 2. The van der Waals surface area contributed by atoms with E-state index in [-0.39, 0.29) is 18.1 Å². The van der Waals surface area contributed by atoms with E-state index in [1.54, 1.807) is 41.8 Å². The predicted octanol–water partition coefficient (Wildman–Crippen LogP) is 6.56. The van der Waals surface area contributed by atoms with Gasteiger partial charge in [0.25, 0.3) is 0 Å². The first-order valence-electron chi connectivity index (χ1n) is 13.3. The van der Waals surface area contributed by atoms with Crippen molar-refractivity contribution in [1.29, 1.82) is 0 Å². The van der Waals surface area contributed by atoms with Crippen LogP contribution in [0, 0.1) is 20.8 Å². The highest BCUT2D eigenvalue weighted by Gasteiger charge is 2.21. The predicted molar refractivity (Wildman–Crippen MR) is 162 cm³/mol. The minimum absolute atomic E-state index is 0.0918. The zero-order chi connectivity index (χ0) is 29.3. The van der Waals surface area contributed by atoms with Gasteiger partial charge in [0.05, 0.1) is 12.1 Å². The molecular weight excluding hydrogens is 536 g/mol. The Morgan fingerprint density at radius 3 is 2.54 bits per heavy atom. The average molecular weight is 567 g/mol. The molecular formula is C33H31ClN4O3. The van der Waals surface area contributed by atoms with Crippen molar-refractivity contribution in [2.45, 2.75) is 33.8 Å². The summed E-state index contributed by atoms with van der Waals surface area (Å²) in [5, 5.41) is 1.35. The van der Waals surface area contributed by atoms with Crippen LogP contribution in [0.4, 0.5) is 5.69 Å². The van der Waals surface area contributed by atoms with Crippen LogP contribution in [0.1, 0.15) is 44.1 Å². The van der Waals surface area contributed by atoms with Crippen LogP contribution in [-0.4, -0.2) is 33.3 Å². The lowest BCUT2D eigenvalue weighted by Crippen LogP contribution is -2.29. The van der Waals surface area contributed by atoms with Gasteiger partial charge >= 0.3 is 0 Å². The maximum Gasteiger partial charge on any atom is 0.232 e. The van der Waals surface area contributed by atoms with Crippen LogP contribution in [0.2, 0.25) is 5.15 Å². The molecule has 0 spiro atoms. The second-order valence-electron chi connectivity index (χ2n) is 10.2. The van der Waals surface area contributed by atoms with Crippen molar-refractivity contribution in [1.82, 2.24) is 14.5 Å². The van der Waals surface area contributed by atoms with Gasteiger partial charge in [0.2, 0.25) is 11.7 Å². The maximum atomic E-state index is 13.4. The number of hydrogen-bond donors (Lipinski definition) is 0. The second-order valence-corrected chi connectivity index (χ2v) is 10.6. The molecule has 3 heterocycles. The van der Waals surface area contributed by atoms with Crippen molar-refractivity contribution in [2.75, 3.05) is 11.9 Å². The monoisotopic (exact) mass is 566 g/mol. The Hall–Kier alpha value is -4.49. The quantitative estimate of drug-likeness (QED) is 0.157. The summed E-state index contributed by atoms with van der Waals surface area (Å²) in [7, 11) is 3.56. The van der Waals surface area contributed by atoms with Crippen molar-refractivity contribution in [3.63, 3.8) is 0 Å². The lowest BCUT2D eigenvalue weighted by molar-refractivity contribution is -0.117. The number of carbonyl (C=O) groups excluding carboxylic acids is 2. The van der Waals surface area contributed by atoms with Crippen LogP contribution >= 0.6 is 11.6 Å². The molecule has 5 aromatic rings. The zero-order valence-corrected chi connectivity index (χ0v) is 24.5. The fourth-order valence-corrected chi connectivity index (χ4v) is 5.09. The number of nitrogens with zero attached hydrogens (tertiary/aromatic N) is 4. The number of benzene rings is 2. The standard InChI is InChI=1S/C33H31ClN4O3/c1-20-9-14-27(22(3)26(20)19-41-29-8-6-7-23-11-10-21(2)36-32(23)29)38(5)31(39)17-25-13-15-28(37(25)4)33(40)24-12-16-30(34)35-18-24/h6-16,18H,17,19H2,1-5H3. The minimum atomic E-state index is -0.181. The Labute approximate surface area is 244 Å². The van der Waals surface area contributed by atoms with Crippen molar-refractivity contribution >= 4 is 39.9 Å². The number of fused-ring (bicyclic) bond motifs is 1. The first kappa shape index (κ1) is 28.1. The molecule has 0 unspecified atom stereocenters. The van der Waals surface area contributed by atoms with Gasteiger partial charge in [-0.15, -0.1) is 0 Å². The van der Waals surface area contributed by atoms with Crippen LogP contribution in [0.5, 0.6) is 5.75 Å². The van der Waals surface area contributed by atoms with E-state index >= 15 is 0 Å². The fraction of sp³-hybridized carbons (Fsp3) is 0.212. The number of para-hydroxylation sites is 1. The Bertz CT molecular complexity index is 1780. The minimum Gasteiger partial charge on any atom is -0.487 e. The van der Waals surface area contributed by atoms with E-state index in [0.29, 0.717) is 23.0 Å². The number of likely N-dealkylation sites (N-methyl/N-ethyl adjacent to an activating group) is 1. The summed E-state index contributed by atoms with van der Waals surface area (Å²) in [4.78, 5) is 36.7. The Morgan fingerprint density at radius 1 is 0.976 bits per heavy atom. The van der Waals surface area contributed by atoms with Crippen LogP contribution < -0.4 is 9.64 Å². The lowest BCUT2D eigenvalue weighted by Gasteiger charge is -2.23. The highest BCUT2D eigenvalue weighted by Crippen LogP contribution is 2.29. The molecule has 3 aromatic heterocycles. The molecule has 0 aliphatic carbocycles. The smallest absolute Gasteiger partial charge is 0.232 e. The van der Waals surface area contributed by atoms with Gasteiger partial charge in [-0.1, -0.05) is 35.9 Å². The van der Waals surface area contributed by atoms with Gasteiger partial charge in [-0.3, -0.25) is 9.59 Å². The van der Waals surface area contributed by atoms with Gasteiger partial charge in [0, 0.05) is 48.3 Å². The van der Waals surface area contributed by atoms with E-state index in [1.807, 2.05) is 69.3 Å². The number of anilines is 1. The molecule has 0 aliphatic heterocycles. The Kier molecular flexibility index (Phi) is 7.90. The highest BCUT2D eigenvalue weighted by atomic mass is 35.5. The van der Waals surface area contributed by atoms with E-state index in [0.717, 1.165) is 50.4 Å². The number of ether oxygens (including phenoxy) is 1. The van der Waals surface area contributed by atoms with E-state index in [9.17, 15) is 9.59 Å². The number of aryl methyl sites for hydroxylation is 2. The highest BCUT2D eigenvalue weighted by molar-refractivity contribution is 6.29. The van der Waals surface area contributed by atoms with Gasteiger partial charge in [0.15, 0.2) is 0 Å². The second kappa shape index (κ2) is 11.6. The summed E-state index contributed by atoms with van der Waals surface area (Å²) in [5.74, 6) is 0.452.